The van der Waals surface area contributed by atoms with Gasteiger partial charge in [-0.15, -0.1) is 0 Å². The standard InChI is InChI=1S/C29H23ClF3N3O4/c1-40-20-12-10-17(11-13-20)21-15-35(16-22(21)28(38)39)27(37)19-8-6-18(7-9-19)25-14-26(29(31,32)33)34-36(25)24-5-3-2-4-23(24)30/h2-14,21-22H,15-16H2,1H3,(H,38,39)/t21-,22+/m0/s1. The second kappa shape index (κ2) is 10.7. The van der Waals surface area contributed by atoms with Gasteiger partial charge in [0.15, 0.2) is 5.69 Å². The van der Waals surface area contributed by atoms with Gasteiger partial charge >= 0.3 is 12.1 Å². The molecule has 1 saturated heterocycles. The first-order chi connectivity index (χ1) is 19.1. The summed E-state index contributed by atoms with van der Waals surface area (Å²) in [5.74, 6) is -1.93. The molecular formula is C29H23ClF3N3O4. The second-order valence-electron chi connectivity index (χ2n) is 9.39. The van der Waals surface area contributed by atoms with E-state index in [0.29, 0.717) is 11.3 Å². The van der Waals surface area contributed by atoms with Gasteiger partial charge in [-0.05, 0) is 48.0 Å². The van der Waals surface area contributed by atoms with E-state index in [1.807, 2.05) is 0 Å². The fraction of sp³-hybridized carbons (Fsp3) is 0.207. The molecule has 3 aromatic carbocycles. The number of hydrogen-bond donors (Lipinski definition) is 1. The number of carbonyl (C=O) groups is 2. The lowest BCUT2D eigenvalue weighted by molar-refractivity contribution is -0.142. The first-order valence-electron chi connectivity index (χ1n) is 12.3. The lowest BCUT2D eigenvalue weighted by Gasteiger charge is -2.17. The van der Waals surface area contributed by atoms with Crippen LogP contribution in [0.2, 0.25) is 5.02 Å². The number of nitrogens with zero attached hydrogens (tertiary/aromatic N) is 3. The fourth-order valence-electron chi connectivity index (χ4n) is 4.91. The van der Waals surface area contributed by atoms with Gasteiger partial charge in [-0.1, -0.05) is 48.0 Å². The first-order valence-corrected chi connectivity index (χ1v) is 12.6. The lowest BCUT2D eigenvalue weighted by Crippen LogP contribution is -2.29. The predicted molar refractivity (Wildman–Crippen MR) is 142 cm³/mol. The number of para-hydroxylation sites is 1. The minimum atomic E-state index is -4.67. The Hall–Kier alpha value is -4.31. The quantitative estimate of drug-likeness (QED) is 0.301. The molecule has 1 amide bonds. The summed E-state index contributed by atoms with van der Waals surface area (Å²) in [6, 6.07) is 20.5. The molecule has 2 heterocycles. The molecule has 1 N–H and O–H groups in total. The molecule has 0 spiro atoms. The third kappa shape index (κ3) is 5.27. The summed E-state index contributed by atoms with van der Waals surface area (Å²) in [4.78, 5) is 26.8. The summed E-state index contributed by atoms with van der Waals surface area (Å²) < 4.78 is 46.9. The number of halogens is 4. The van der Waals surface area contributed by atoms with Crippen LogP contribution in [0.3, 0.4) is 0 Å². The maximum Gasteiger partial charge on any atom is 0.435 e. The van der Waals surface area contributed by atoms with E-state index in [1.54, 1.807) is 48.5 Å². The van der Waals surface area contributed by atoms with Crippen LogP contribution in [0.25, 0.3) is 16.9 Å². The summed E-state index contributed by atoms with van der Waals surface area (Å²) in [5, 5.41) is 13.8. The highest BCUT2D eigenvalue weighted by Crippen LogP contribution is 2.36. The number of carboxylic acids is 1. The molecule has 0 radical (unpaired) electrons. The van der Waals surface area contributed by atoms with Crippen molar-refractivity contribution >= 4 is 23.5 Å². The van der Waals surface area contributed by atoms with Crippen LogP contribution in [0.5, 0.6) is 5.75 Å². The van der Waals surface area contributed by atoms with Crippen molar-refractivity contribution in [1.29, 1.82) is 0 Å². The Kier molecular flexibility index (Phi) is 7.29. The van der Waals surface area contributed by atoms with E-state index >= 15 is 0 Å². The number of amides is 1. The van der Waals surface area contributed by atoms with E-state index in [-0.39, 0.29) is 41.0 Å². The number of carboxylic acid groups (broad SMARTS) is 1. The third-order valence-corrected chi connectivity index (χ3v) is 7.30. The maximum atomic E-state index is 13.5. The number of methoxy groups -OCH3 is 1. The Morgan fingerprint density at radius 1 is 1.00 bits per heavy atom. The van der Waals surface area contributed by atoms with Gasteiger partial charge in [-0.2, -0.15) is 18.3 Å². The molecule has 0 saturated carbocycles. The number of aromatic nitrogens is 2. The van der Waals surface area contributed by atoms with Crippen LogP contribution in [0.4, 0.5) is 13.2 Å². The molecule has 40 heavy (non-hydrogen) atoms. The molecule has 206 valence electrons. The van der Waals surface area contributed by atoms with Gasteiger partial charge in [-0.25, -0.2) is 4.68 Å². The van der Waals surface area contributed by atoms with Crippen molar-refractivity contribution in [2.24, 2.45) is 5.92 Å². The number of ether oxygens (including phenoxy) is 1. The normalized spacial score (nSPS) is 17.2. The van der Waals surface area contributed by atoms with Crippen LogP contribution in [0, 0.1) is 5.92 Å². The molecule has 1 aliphatic rings. The molecule has 1 fully saturated rings. The Balaban J connectivity index is 1.42. The van der Waals surface area contributed by atoms with E-state index in [2.05, 4.69) is 5.10 Å². The van der Waals surface area contributed by atoms with Crippen molar-refractivity contribution in [2.75, 3.05) is 20.2 Å². The fourth-order valence-corrected chi connectivity index (χ4v) is 5.12. The monoisotopic (exact) mass is 569 g/mol. The van der Waals surface area contributed by atoms with E-state index in [1.165, 1.54) is 36.3 Å². The van der Waals surface area contributed by atoms with E-state index < -0.39 is 29.7 Å². The van der Waals surface area contributed by atoms with E-state index in [0.717, 1.165) is 16.3 Å². The Morgan fingerprint density at radius 3 is 2.27 bits per heavy atom. The van der Waals surface area contributed by atoms with Crippen molar-refractivity contribution in [3.63, 3.8) is 0 Å². The lowest BCUT2D eigenvalue weighted by atomic mass is 9.89. The smallest absolute Gasteiger partial charge is 0.435 e. The third-order valence-electron chi connectivity index (χ3n) is 6.98. The summed E-state index contributed by atoms with van der Waals surface area (Å²) in [6.07, 6.45) is -4.67. The highest BCUT2D eigenvalue weighted by atomic mass is 35.5. The van der Waals surface area contributed by atoms with Crippen molar-refractivity contribution < 1.29 is 32.6 Å². The van der Waals surface area contributed by atoms with E-state index in [9.17, 15) is 27.9 Å². The zero-order valence-electron chi connectivity index (χ0n) is 21.1. The zero-order chi connectivity index (χ0) is 28.6. The molecule has 11 heteroatoms. The van der Waals surface area contributed by atoms with Crippen molar-refractivity contribution in [2.45, 2.75) is 12.1 Å². The Labute approximate surface area is 232 Å². The molecule has 0 unspecified atom stereocenters. The van der Waals surface area contributed by atoms with Gasteiger partial charge in [-0.3, -0.25) is 9.59 Å². The second-order valence-corrected chi connectivity index (χ2v) is 9.79. The summed E-state index contributed by atoms with van der Waals surface area (Å²) in [7, 11) is 1.54. The average Bonchev–Trinajstić information content (AvgIpc) is 3.59. The predicted octanol–water partition coefficient (Wildman–Crippen LogP) is 6.16. The molecule has 5 rings (SSSR count). The molecule has 1 aromatic heterocycles. The number of likely N-dealkylation sites (tertiary alicyclic amines) is 1. The number of rotatable bonds is 6. The summed E-state index contributed by atoms with van der Waals surface area (Å²) in [6.45, 7) is 0.235. The van der Waals surface area contributed by atoms with Crippen LogP contribution in [-0.4, -0.2) is 51.9 Å². The van der Waals surface area contributed by atoms with Gasteiger partial charge < -0.3 is 14.7 Å². The van der Waals surface area contributed by atoms with Crippen molar-refractivity contribution in [1.82, 2.24) is 14.7 Å². The minimum absolute atomic E-state index is 0.0286. The molecule has 4 aromatic rings. The largest absolute Gasteiger partial charge is 0.497 e. The molecule has 0 aliphatic carbocycles. The summed E-state index contributed by atoms with van der Waals surface area (Å²) >= 11 is 6.25. The van der Waals surface area contributed by atoms with Gasteiger partial charge in [0.25, 0.3) is 5.91 Å². The maximum absolute atomic E-state index is 13.5. The number of carbonyl (C=O) groups excluding carboxylic acids is 1. The summed E-state index contributed by atoms with van der Waals surface area (Å²) in [5.41, 5.74) is 0.793. The minimum Gasteiger partial charge on any atom is -0.497 e. The van der Waals surface area contributed by atoms with E-state index in [4.69, 9.17) is 16.3 Å². The van der Waals surface area contributed by atoms with Gasteiger partial charge in [0, 0.05) is 30.1 Å². The number of benzene rings is 3. The van der Waals surface area contributed by atoms with Crippen molar-refractivity contribution in [3.8, 4) is 22.7 Å². The molecule has 7 nitrogen and oxygen atoms in total. The van der Waals surface area contributed by atoms with Gasteiger partial charge in [0.2, 0.25) is 0 Å². The van der Waals surface area contributed by atoms with Gasteiger partial charge in [0.05, 0.1) is 29.4 Å². The Morgan fingerprint density at radius 2 is 1.68 bits per heavy atom. The number of hydrogen-bond acceptors (Lipinski definition) is 4. The molecule has 0 bridgehead atoms. The van der Waals surface area contributed by atoms with Crippen LogP contribution in [0.15, 0.2) is 78.9 Å². The highest BCUT2D eigenvalue weighted by molar-refractivity contribution is 6.32. The zero-order valence-corrected chi connectivity index (χ0v) is 21.9. The highest BCUT2D eigenvalue weighted by Gasteiger charge is 2.41. The Bertz CT molecular complexity index is 1550. The molecule has 1 aliphatic heterocycles. The van der Waals surface area contributed by atoms with Crippen LogP contribution >= 0.6 is 11.6 Å². The average molecular weight is 570 g/mol. The van der Waals surface area contributed by atoms with Crippen LogP contribution in [-0.2, 0) is 11.0 Å². The van der Waals surface area contributed by atoms with Crippen molar-refractivity contribution in [3.05, 3.63) is 101 Å². The molecule has 2 atom stereocenters. The van der Waals surface area contributed by atoms with Gasteiger partial charge in [0.1, 0.15) is 5.75 Å². The topological polar surface area (TPSA) is 84.7 Å². The molecular weight excluding hydrogens is 547 g/mol. The SMILES string of the molecule is COc1ccc([C@@H]2CN(C(=O)c3ccc(-c4cc(C(F)(F)F)nn4-c4ccccc4Cl)cc3)C[C@H]2C(=O)O)cc1. The van der Waals surface area contributed by atoms with Crippen LogP contribution in [0.1, 0.15) is 27.5 Å². The first kappa shape index (κ1) is 27.3. The number of alkyl halides is 3. The number of aliphatic carboxylic acids is 1. The van der Waals surface area contributed by atoms with Crippen LogP contribution < -0.4 is 4.74 Å².